The average Bonchev–Trinajstić information content (AvgIpc) is 2.59. The number of halogens is 2. The van der Waals surface area contributed by atoms with E-state index in [9.17, 15) is 4.79 Å². The second kappa shape index (κ2) is 10.9. The number of methoxy groups -OCH3 is 1. The SMILES string of the molecule is CO[C@@H]1CC[C@H](C(=O)N(C)CCCOc2ccc(Cl)cc2)C[C@H]1N.Cl. The molecule has 0 spiro atoms. The van der Waals surface area contributed by atoms with Gasteiger partial charge in [0, 0.05) is 37.7 Å². The van der Waals surface area contributed by atoms with Gasteiger partial charge in [-0.25, -0.2) is 0 Å². The Morgan fingerprint density at radius 3 is 2.60 bits per heavy atom. The summed E-state index contributed by atoms with van der Waals surface area (Å²) in [6.07, 6.45) is 3.25. The third kappa shape index (κ3) is 6.66. The van der Waals surface area contributed by atoms with Crippen LogP contribution in [0.3, 0.4) is 0 Å². The molecule has 0 unspecified atom stereocenters. The Kier molecular flexibility index (Phi) is 9.57. The second-order valence-electron chi connectivity index (χ2n) is 6.36. The number of carbonyl (C=O) groups is 1. The molecule has 25 heavy (non-hydrogen) atoms. The van der Waals surface area contributed by atoms with Crippen LogP contribution in [0.2, 0.25) is 5.02 Å². The Bertz CT molecular complexity index is 528. The van der Waals surface area contributed by atoms with E-state index in [0.717, 1.165) is 25.0 Å². The van der Waals surface area contributed by atoms with Crippen LogP contribution >= 0.6 is 24.0 Å². The van der Waals surface area contributed by atoms with Crippen molar-refractivity contribution in [1.82, 2.24) is 4.90 Å². The second-order valence-corrected chi connectivity index (χ2v) is 6.80. The Balaban J connectivity index is 0.00000312. The average molecular weight is 391 g/mol. The predicted molar refractivity (Wildman–Crippen MR) is 103 cm³/mol. The molecule has 0 saturated heterocycles. The van der Waals surface area contributed by atoms with Gasteiger partial charge in [-0.15, -0.1) is 12.4 Å². The molecule has 0 aromatic heterocycles. The Morgan fingerprint density at radius 1 is 1.32 bits per heavy atom. The van der Waals surface area contributed by atoms with Crippen LogP contribution in [0.1, 0.15) is 25.7 Å². The number of benzene rings is 1. The molecular weight excluding hydrogens is 363 g/mol. The molecule has 0 aliphatic heterocycles. The molecule has 1 aliphatic carbocycles. The lowest BCUT2D eigenvalue weighted by Gasteiger charge is -2.34. The first kappa shape index (κ1) is 22.0. The summed E-state index contributed by atoms with van der Waals surface area (Å²) in [4.78, 5) is 14.3. The molecule has 1 saturated carbocycles. The van der Waals surface area contributed by atoms with Crippen LogP contribution in [0.15, 0.2) is 24.3 Å². The van der Waals surface area contributed by atoms with Crippen molar-refractivity contribution >= 4 is 29.9 Å². The third-order valence-corrected chi connectivity index (χ3v) is 4.83. The van der Waals surface area contributed by atoms with Crippen molar-refractivity contribution in [2.75, 3.05) is 27.3 Å². The van der Waals surface area contributed by atoms with Crippen LogP contribution in [0.4, 0.5) is 0 Å². The van der Waals surface area contributed by atoms with Crippen molar-refractivity contribution in [3.8, 4) is 5.75 Å². The first-order valence-corrected chi connectivity index (χ1v) is 8.80. The zero-order chi connectivity index (χ0) is 17.5. The lowest BCUT2D eigenvalue weighted by atomic mass is 9.83. The van der Waals surface area contributed by atoms with Gasteiger partial charge in [0.15, 0.2) is 0 Å². The van der Waals surface area contributed by atoms with E-state index in [1.54, 1.807) is 24.1 Å². The quantitative estimate of drug-likeness (QED) is 0.726. The monoisotopic (exact) mass is 390 g/mol. The van der Waals surface area contributed by atoms with Gasteiger partial charge in [0.25, 0.3) is 0 Å². The molecule has 7 heteroatoms. The predicted octanol–water partition coefficient (Wildman–Crippen LogP) is 3.13. The summed E-state index contributed by atoms with van der Waals surface area (Å²) in [7, 11) is 3.53. The fourth-order valence-electron chi connectivity index (χ4n) is 3.14. The molecule has 1 amide bonds. The third-order valence-electron chi connectivity index (χ3n) is 4.58. The van der Waals surface area contributed by atoms with Crippen LogP contribution in [0, 0.1) is 5.92 Å². The van der Waals surface area contributed by atoms with Gasteiger partial charge in [0.1, 0.15) is 5.75 Å². The molecule has 1 aliphatic rings. The minimum Gasteiger partial charge on any atom is -0.494 e. The maximum absolute atomic E-state index is 12.5. The molecule has 0 radical (unpaired) electrons. The fraction of sp³-hybridized carbons (Fsp3) is 0.611. The summed E-state index contributed by atoms with van der Waals surface area (Å²) < 4.78 is 11.0. The highest BCUT2D eigenvalue weighted by atomic mass is 35.5. The Labute approximate surface area is 161 Å². The van der Waals surface area contributed by atoms with E-state index in [-0.39, 0.29) is 36.4 Å². The minimum atomic E-state index is -0.0562. The van der Waals surface area contributed by atoms with E-state index in [4.69, 9.17) is 26.8 Å². The number of amides is 1. The van der Waals surface area contributed by atoms with Gasteiger partial charge in [-0.1, -0.05) is 11.6 Å². The lowest BCUT2D eigenvalue weighted by molar-refractivity contribution is -0.136. The van der Waals surface area contributed by atoms with Crippen molar-refractivity contribution in [2.24, 2.45) is 11.7 Å². The maximum atomic E-state index is 12.5. The highest BCUT2D eigenvalue weighted by molar-refractivity contribution is 6.30. The molecule has 142 valence electrons. The molecule has 1 fully saturated rings. The highest BCUT2D eigenvalue weighted by Crippen LogP contribution is 2.26. The van der Waals surface area contributed by atoms with E-state index >= 15 is 0 Å². The van der Waals surface area contributed by atoms with Gasteiger partial charge in [-0.3, -0.25) is 4.79 Å². The zero-order valence-electron chi connectivity index (χ0n) is 14.8. The summed E-state index contributed by atoms with van der Waals surface area (Å²) in [6.45, 7) is 1.24. The molecule has 2 N–H and O–H groups in total. The normalized spacial score (nSPS) is 22.8. The standard InChI is InChI=1S/C18H27ClN2O3.ClH/c1-21(10-3-11-24-15-7-5-14(19)6-8-15)18(22)13-4-9-17(23-2)16(20)12-13;/h5-8,13,16-17H,3-4,9-12,20H2,1-2H3;1H/t13-,16+,17+;/m0./s1. The molecule has 0 heterocycles. The molecule has 3 atom stereocenters. The fourth-order valence-corrected chi connectivity index (χ4v) is 3.27. The maximum Gasteiger partial charge on any atom is 0.225 e. The van der Waals surface area contributed by atoms with Crippen LogP contribution in [-0.4, -0.2) is 50.3 Å². The van der Waals surface area contributed by atoms with Gasteiger partial charge in [-0.05, 0) is 49.9 Å². The molecular formula is C18H28Cl2N2O3. The molecule has 5 nitrogen and oxygen atoms in total. The van der Waals surface area contributed by atoms with E-state index in [0.29, 0.717) is 24.6 Å². The van der Waals surface area contributed by atoms with Crippen LogP contribution < -0.4 is 10.5 Å². The summed E-state index contributed by atoms with van der Waals surface area (Å²) in [5.74, 6) is 0.970. The number of ether oxygens (including phenoxy) is 2. The Morgan fingerprint density at radius 2 is 2.00 bits per heavy atom. The zero-order valence-corrected chi connectivity index (χ0v) is 16.4. The van der Waals surface area contributed by atoms with Crippen molar-refractivity contribution in [3.05, 3.63) is 29.3 Å². The summed E-state index contributed by atoms with van der Waals surface area (Å²) >= 11 is 5.84. The highest BCUT2D eigenvalue weighted by Gasteiger charge is 2.33. The van der Waals surface area contributed by atoms with E-state index in [2.05, 4.69) is 0 Å². The minimum absolute atomic E-state index is 0. The Hall–Kier alpha value is -1.01. The van der Waals surface area contributed by atoms with E-state index in [1.807, 2.05) is 19.2 Å². The van der Waals surface area contributed by atoms with E-state index in [1.165, 1.54) is 0 Å². The van der Waals surface area contributed by atoms with Gasteiger partial charge in [0.2, 0.25) is 5.91 Å². The van der Waals surface area contributed by atoms with Gasteiger partial charge in [-0.2, -0.15) is 0 Å². The number of nitrogens with zero attached hydrogens (tertiary/aromatic N) is 1. The van der Waals surface area contributed by atoms with Crippen molar-refractivity contribution < 1.29 is 14.3 Å². The van der Waals surface area contributed by atoms with Crippen LogP contribution in [0.25, 0.3) is 0 Å². The van der Waals surface area contributed by atoms with Gasteiger partial charge < -0.3 is 20.1 Å². The first-order chi connectivity index (χ1) is 11.5. The number of nitrogens with two attached hydrogens (primary N) is 1. The van der Waals surface area contributed by atoms with Crippen molar-refractivity contribution in [2.45, 2.75) is 37.8 Å². The van der Waals surface area contributed by atoms with Crippen LogP contribution in [-0.2, 0) is 9.53 Å². The molecule has 1 aromatic carbocycles. The van der Waals surface area contributed by atoms with Crippen molar-refractivity contribution in [1.29, 1.82) is 0 Å². The summed E-state index contributed by atoms with van der Waals surface area (Å²) in [5.41, 5.74) is 6.09. The van der Waals surface area contributed by atoms with Crippen molar-refractivity contribution in [3.63, 3.8) is 0 Å². The van der Waals surface area contributed by atoms with Crippen LogP contribution in [0.5, 0.6) is 5.75 Å². The lowest BCUT2D eigenvalue weighted by Crippen LogP contribution is -2.46. The smallest absolute Gasteiger partial charge is 0.225 e. The van der Waals surface area contributed by atoms with Gasteiger partial charge in [0.05, 0.1) is 12.7 Å². The van der Waals surface area contributed by atoms with Gasteiger partial charge >= 0.3 is 0 Å². The number of hydrogen-bond donors (Lipinski definition) is 1. The molecule has 1 aromatic rings. The largest absolute Gasteiger partial charge is 0.494 e. The molecule has 0 bridgehead atoms. The van der Waals surface area contributed by atoms with E-state index < -0.39 is 0 Å². The number of hydrogen-bond acceptors (Lipinski definition) is 4. The number of rotatable bonds is 7. The first-order valence-electron chi connectivity index (χ1n) is 8.43. The molecule has 2 rings (SSSR count). The topological polar surface area (TPSA) is 64.8 Å². The summed E-state index contributed by atoms with van der Waals surface area (Å²) in [6, 6.07) is 7.22. The number of carbonyl (C=O) groups excluding carboxylic acids is 1. The summed E-state index contributed by atoms with van der Waals surface area (Å²) in [5, 5.41) is 0.689.